The van der Waals surface area contributed by atoms with Crippen LogP contribution < -0.4 is 15.5 Å². The standard InChI is InChI=1S/C15H18N6OS2/c22-13(17-9-12-10-21-6-8-24-15(21)19-12)18-11-1-4-20(5-2-11)14-16-3-7-23-14/h3,6-8,10-11H,1-2,4-5,9H2,(H2,17,18,22). The van der Waals surface area contributed by atoms with E-state index in [2.05, 4.69) is 25.5 Å². The van der Waals surface area contributed by atoms with E-state index in [0.717, 1.165) is 41.7 Å². The molecule has 0 spiro atoms. The molecule has 0 saturated carbocycles. The van der Waals surface area contributed by atoms with E-state index in [0.29, 0.717) is 6.54 Å². The molecule has 0 aliphatic carbocycles. The first-order chi connectivity index (χ1) is 11.8. The summed E-state index contributed by atoms with van der Waals surface area (Å²) in [7, 11) is 0. The Labute approximate surface area is 147 Å². The maximum atomic E-state index is 12.1. The fourth-order valence-corrected chi connectivity index (χ4v) is 4.27. The van der Waals surface area contributed by atoms with Crippen molar-refractivity contribution >= 4 is 38.8 Å². The van der Waals surface area contributed by atoms with Crippen molar-refractivity contribution in [2.24, 2.45) is 0 Å². The maximum absolute atomic E-state index is 12.1. The van der Waals surface area contributed by atoms with Gasteiger partial charge in [-0.3, -0.25) is 4.40 Å². The van der Waals surface area contributed by atoms with Gasteiger partial charge in [0.1, 0.15) is 0 Å². The predicted molar refractivity (Wildman–Crippen MR) is 95.8 cm³/mol. The molecule has 3 aromatic rings. The van der Waals surface area contributed by atoms with Gasteiger partial charge in [0, 0.05) is 48.5 Å². The lowest BCUT2D eigenvalue weighted by Crippen LogP contribution is -2.47. The summed E-state index contributed by atoms with van der Waals surface area (Å²) in [4.78, 5) is 24.1. The van der Waals surface area contributed by atoms with Gasteiger partial charge in [-0.1, -0.05) is 0 Å². The van der Waals surface area contributed by atoms with Gasteiger partial charge in [-0.05, 0) is 12.8 Å². The largest absolute Gasteiger partial charge is 0.348 e. The van der Waals surface area contributed by atoms with E-state index in [4.69, 9.17) is 0 Å². The molecule has 2 N–H and O–H groups in total. The normalized spacial score (nSPS) is 15.8. The summed E-state index contributed by atoms with van der Waals surface area (Å²) in [5.41, 5.74) is 0.871. The van der Waals surface area contributed by atoms with Crippen molar-refractivity contribution in [2.75, 3.05) is 18.0 Å². The van der Waals surface area contributed by atoms with E-state index in [-0.39, 0.29) is 12.1 Å². The van der Waals surface area contributed by atoms with E-state index in [1.54, 1.807) is 22.7 Å². The van der Waals surface area contributed by atoms with Crippen LogP contribution in [0, 0.1) is 0 Å². The van der Waals surface area contributed by atoms with Crippen LogP contribution in [-0.4, -0.2) is 39.5 Å². The number of hydrogen-bond donors (Lipinski definition) is 2. The first-order valence-corrected chi connectivity index (χ1v) is 9.64. The number of nitrogens with one attached hydrogen (secondary N) is 2. The summed E-state index contributed by atoms with van der Waals surface area (Å²) in [5, 5.41) is 11.0. The summed E-state index contributed by atoms with van der Waals surface area (Å²) in [6.45, 7) is 2.30. The van der Waals surface area contributed by atoms with Gasteiger partial charge in [-0.15, -0.1) is 22.7 Å². The number of carbonyl (C=O) groups is 1. The van der Waals surface area contributed by atoms with Crippen LogP contribution in [0.3, 0.4) is 0 Å². The lowest BCUT2D eigenvalue weighted by Gasteiger charge is -2.32. The number of carbonyl (C=O) groups excluding carboxylic acids is 1. The molecule has 0 radical (unpaired) electrons. The molecule has 7 nitrogen and oxygen atoms in total. The van der Waals surface area contributed by atoms with Crippen LogP contribution in [0.2, 0.25) is 0 Å². The molecule has 3 aromatic heterocycles. The van der Waals surface area contributed by atoms with Crippen LogP contribution in [0.5, 0.6) is 0 Å². The molecular weight excluding hydrogens is 344 g/mol. The summed E-state index contributed by atoms with van der Waals surface area (Å²) < 4.78 is 1.97. The Morgan fingerprint density at radius 2 is 2.17 bits per heavy atom. The molecule has 0 unspecified atom stereocenters. The van der Waals surface area contributed by atoms with Crippen LogP contribution in [0.4, 0.5) is 9.93 Å². The van der Waals surface area contributed by atoms with Gasteiger partial charge in [0.2, 0.25) is 0 Å². The van der Waals surface area contributed by atoms with Gasteiger partial charge in [0.15, 0.2) is 10.1 Å². The topological polar surface area (TPSA) is 74.6 Å². The van der Waals surface area contributed by atoms with E-state index in [1.165, 1.54) is 0 Å². The molecule has 0 bridgehead atoms. The molecule has 0 aromatic carbocycles. The Morgan fingerprint density at radius 3 is 2.92 bits per heavy atom. The number of imidazole rings is 1. The molecule has 24 heavy (non-hydrogen) atoms. The lowest BCUT2D eigenvalue weighted by molar-refractivity contribution is 0.234. The van der Waals surface area contributed by atoms with Crippen molar-refractivity contribution in [2.45, 2.75) is 25.4 Å². The zero-order valence-electron chi connectivity index (χ0n) is 13.0. The molecule has 1 aliphatic heterocycles. The molecule has 1 fully saturated rings. The lowest BCUT2D eigenvalue weighted by atomic mass is 10.1. The number of aromatic nitrogens is 3. The van der Waals surface area contributed by atoms with Gasteiger partial charge in [0.05, 0.1) is 12.2 Å². The third-order valence-electron chi connectivity index (χ3n) is 4.09. The molecule has 4 heterocycles. The minimum absolute atomic E-state index is 0.126. The number of piperidine rings is 1. The monoisotopic (exact) mass is 362 g/mol. The van der Waals surface area contributed by atoms with Crippen LogP contribution >= 0.6 is 22.7 Å². The molecule has 0 atom stereocenters. The number of urea groups is 1. The van der Waals surface area contributed by atoms with E-state index in [1.807, 2.05) is 33.8 Å². The zero-order chi connectivity index (χ0) is 16.4. The summed E-state index contributed by atoms with van der Waals surface area (Å²) in [5.74, 6) is 0. The summed E-state index contributed by atoms with van der Waals surface area (Å²) in [6, 6.07) is 0.0887. The van der Waals surface area contributed by atoms with Gasteiger partial charge in [-0.2, -0.15) is 0 Å². The summed E-state index contributed by atoms with van der Waals surface area (Å²) >= 11 is 3.24. The predicted octanol–water partition coefficient (Wildman–Crippen LogP) is 2.32. The molecule has 9 heteroatoms. The summed E-state index contributed by atoms with van der Waals surface area (Å²) in [6.07, 6.45) is 7.61. The van der Waals surface area contributed by atoms with Crippen LogP contribution in [0.15, 0.2) is 29.4 Å². The number of thiazole rings is 2. The number of fused-ring (bicyclic) bond motifs is 1. The number of nitrogens with zero attached hydrogens (tertiary/aromatic N) is 4. The van der Waals surface area contributed by atoms with E-state index < -0.39 is 0 Å². The highest BCUT2D eigenvalue weighted by molar-refractivity contribution is 7.15. The quantitative estimate of drug-likeness (QED) is 0.747. The Kier molecular flexibility index (Phi) is 4.35. The Bertz CT molecular complexity index is 775. The Morgan fingerprint density at radius 1 is 1.29 bits per heavy atom. The van der Waals surface area contributed by atoms with E-state index in [9.17, 15) is 4.79 Å². The molecule has 126 valence electrons. The van der Waals surface area contributed by atoms with Crippen LogP contribution in [-0.2, 0) is 6.54 Å². The number of amides is 2. The zero-order valence-corrected chi connectivity index (χ0v) is 14.6. The van der Waals surface area contributed by atoms with Gasteiger partial charge < -0.3 is 15.5 Å². The SMILES string of the molecule is O=C(NCc1cn2ccsc2n1)NC1CCN(c2nccs2)CC1. The minimum Gasteiger partial charge on any atom is -0.348 e. The average molecular weight is 362 g/mol. The second-order valence-electron chi connectivity index (χ2n) is 5.73. The Balaban J connectivity index is 1.22. The van der Waals surface area contributed by atoms with Crippen molar-refractivity contribution in [3.8, 4) is 0 Å². The molecule has 4 rings (SSSR count). The second-order valence-corrected chi connectivity index (χ2v) is 7.47. The van der Waals surface area contributed by atoms with Gasteiger partial charge in [0.25, 0.3) is 0 Å². The third-order valence-corrected chi connectivity index (χ3v) is 5.70. The highest BCUT2D eigenvalue weighted by Gasteiger charge is 2.21. The smallest absolute Gasteiger partial charge is 0.315 e. The molecule has 1 aliphatic rings. The minimum atomic E-state index is -0.126. The van der Waals surface area contributed by atoms with Crippen LogP contribution in [0.1, 0.15) is 18.5 Å². The third kappa shape index (κ3) is 3.36. The number of hydrogen-bond acceptors (Lipinski definition) is 6. The van der Waals surface area contributed by atoms with Crippen molar-refractivity contribution in [3.63, 3.8) is 0 Å². The van der Waals surface area contributed by atoms with E-state index >= 15 is 0 Å². The first kappa shape index (κ1) is 15.4. The maximum Gasteiger partial charge on any atom is 0.315 e. The van der Waals surface area contributed by atoms with Gasteiger partial charge in [-0.25, -0.2) is 14.8 Å². The molecule has 1 saturated heterocycles. The highest BCUT2D eigenvalue weighted by Crippen LogP contribution is 2.21. The fourth-order valence-electron chi connectivity index (χ4n) is 2.86. The van der Waals surface area contributed by atoms with Crippen molar-refractivity contribution < 1.29 is 4.79 Å². The first-order valence-electron chi connectivity index (χ1n) is 7.88. The van der Waals surface area contributed by atoms with Crippen molar-refractivity contribution in [1.82, 2.24) is 25.0 Å². The van der Waals surface area contributed by atoms with Crippen molar-refractivity contribution in [1.29, 1.82) is 0 Å². The van der Waals surface area contributed by atoms with Gasteiger partial charge >= 0.3 is 6.03 Å². The fraction of sp³-hybridized carbons (Fsp3) is 0.400. The van der Waals surface area contributed by atoms with Crippen LogP contribution in [0.25, 0.3) is 4.96 Å². The number of rotatable bonds is 4. The second kappa shape index (κ2) is 6.78. The molecule has 2 amide bonds. The number of anilines is 1. The average Bonchev–Trinajstić information content (AvgIpc) is 3.30. The highest BCUT2D eigenvalue weighted by atomic mass is 32.1. The van der Waals surface area contributed by atoms with Crippen molar-refractivity contribution in [3.05, 3.63) is 35.0 Å². The Hall–Kier alpha value is -2.13. The molecular formula is C15H18N6OS2.